The first kappa shape index (κ1) is 17.6. The van der Waals surface area contributed by atoms with Crippen LogP contribution in [-0.2, 0) is 11.8 Å². The predicted octanol–water partition coefficient (Wildman–Crippen LogP) is 1.91. The van der Waals surface area contributed by atoms with E-state index in [1.54, 1.807) is 10.7 Å². The number of ether oxygens (including phenoxy) is 1. The fourth-order valence-corrected chi connectivity index (χ4v) is 3.13. The maximum Gasteiger partial charge on any atom is 0.271 e. The number of aliphatic hydroxyl groups is 1. The molecule has 1 aromatic heterocycles. The largest absolute Gasteiger partial charge is 0.396 e. The minimum Gasteiger partial charge on any atom is -0.396 e. The number of aromatic nitrogens is 2. The zero-order valence-corrected chi connectivity index (χ0v) is 14.8. The van der Waals surface area contributed by atoms with Crippen LogP contribution in [0.25, 0.3) is 11.3 Å². The molecule has 1 saturated heterocycles. The van der Waals surface area contributed by atoms with Crippen LogP contribution in [0.5, 0.6) is 0 Å². The lowest BCUT2D eigenvalue weighted by Gasteiger charge is -2.35. The highest BCUT2D eigenvalue weighted by molar-refractivity contribution is 5.93. The molecule has 1 amide bonds. The number of amides is 1. The molecule has 1 aromatic carbocycles. The van der Waals surface area contributed by atoms with Gasteiger partial charge in [0.15, 0.2) is 5.69 Å². The van der Waals surface area contributed by atoms with Gasteiger partial charge in [0.1, 0.15) is 0 Å². The third-order valence-electron chi connectivity index (χ3n) is 4.97. The van der Waals surface area contributed by atoms with Gasteiger partial charge in [-0.2, -0.15) is 5.10 Å². The molecule has 0 unspecified atom stereocenters. The third kappa shape index (κ3) is 3.91. The fourth-order valence-electron chi connectivity index (χ4n) is 3.13. The molecular weight excluding hydrogens is 318 g/mol. The highest BCUT2D eigenvalue weighted by atomic mass is 16.5. The average molecular weight is 343 g/mol. The van der Waals surface area contributed by atoms with E-state index in [9.17, 15) is 9.90 Å². The van der Waals surface area contributed by atoms with Gasteiger partial charge >= 0.3 is 0 Å². The number of nitrogens with one attached hydrogen (secondary N) is 1. The van der Waals surface area contributed by atoms with Gasteiger partial charge in [-0.3, -0.25) is 9.48 Å². The molecule has 2 heterocycles. The van der Waals surface area contributed by atoms with Crippen molar-refractivity contribution in [1.82, 2.24) is 15.1 Å². The van der Waals surface area contributed by atoms with Gasteiger partial charge in [-0.15, -0.1) is 0 Å². The maximum atomic E-state index is 12.5. The van der Waals surface area contributed by atoms with E-state index < -0.39 is 0 Å². The number of benzene rings is 1. The summed E-state index contributed by atoms with van der Waals surface area (Å²) in [6.07, 6.45) is 1.50. The lowest BCUT2D eigenvalue weighted by atomic mass is 9.81. The number of hydrogen-bond donors (Lipinski definition) is 2. The number of aliphatic hydroxyl groups excluding tert-OH is 1. The van der Waals surface area contributed by atoms with Crippen LogP contribution in [0.4, 0.5) is 0 Å². The zero-order chi connectivity index (χ0) is 17.9. The molecule has 1 fully saturated rings. The molecule has 0 saturated carbocycles. The summed E-state index contributed by atoms with van der Waals surface area (Å²) >= 11 is 0. The monoisotopic (exact) mass is 343 g/mol. The third-order valence-corrected chi connectivity index (χ3v) is 4.97. The Balaban J connectivity index is 1.70. The van der Waals surface area contributed by atoms with Gasteiger partial charge in [-0.25, -0.2) is 0 Å². The van der Waals surface area contributed by atoms with E-state index in [1.807, 2.05) is 38.2 Å². The fraction of sp³-hybridized carbons (Fsp3) is 0.474. The van der Waals surface area contributed by atoms with E-state index in [4.69, 9.17) is 4.74 Å². The summed E-state index contributed by atoms with van der Waals surface area (Å²) in [5.74, 6) is -0.215. The molecule has 134 valence electrons. The van der Waals surface area contributed by atoms with Crippen LogP contribution < -0.4 is 5.32 Å². The van der Waals surface area contributed by atoms with Gasteiger partial charge in [0.05, 0.1) is 12.3 Å². The summed E-state index contributed by atoms with van der Waals surface area (Å²) in [6, 6.07) is 9.93. The van der Waals surface area contributed by atoms with Crippen molar-refractivity contribution in [2.45, 2.75) is 19.8 Å². The summed E-state index contributed by atoms with van der Waals surface area (Å²) in [5, 5.41) is 17.0. The minimum absolute atomic E-state index is 0.0491. The van der Waals surface area contributed by atoms with Gasteiger partial charge in [0.2, 0.25) is 0 Å². The van der Waals surface area contributed by atoms with Crippen LogP contribution in [0, 0.1) is 12.3 Å². The highest BCUT2D eigenvalue weighted by Crippen LogP contribution is 2.29. The second-order valence-corrected chi connectivity index (χ2v) is 6.86. The molecule has 2 N–H and O–H groups in total. The summed E-state index contributed by atoms with van der Waals surface area (Å²) in [7, 11) is 1.83. The highest BCUT2D eigenvalue weighted by Gasteiger charge is 2.32. The van der Waals surface area contributed by atoms with Gasteiger partial charge < -0.3 is 15.2 Å². The van der Waals surface area contributed by atoms with Gasteiger partial charge in [0, 0.05) is 32.2 Å². The summed E-state index contributed by atoms with van der Waals surface area (Å²) in [6.45, 7) is 3.77. The standard InChI is InChI=1S/C19H25N3O3/c1-14-3-5-15(6-4-14)17-11-16(21-22(17)2)18(24)20-12-19(13-23)7-9-25-10-8-19/h3-6,11,23H,7-10,12-13H2,1-2H3,(H,20,24). The van der Waals surface area contributed by atoms with Crippen molar-refractivity contribution >= 4 is 5.91 Å². The molecule has 3 rings (SSSR count). The van der Waals surface area contributed by atoms with Crippen LogP contribution in [0.1, 0.15) is 28.9 Å². The molecule has 0 radical (unpaired) electrons. The number of aryl methyl sites for hydroxylation is 2. The second kappa shape index (κ2) is 7.37. The minimum atomic E-state index is -0.289. The van der Waals surface area contributed by atoms with Crippen LogP contribution in [0.15, 0.2) is 30.3 Å². The van der Waals surface area contributed by atoms with Crippen molar-refractivity contribution in [3.8, 4) is 11.3 Å². The van der Waals surface area contributed by atoms with Crippen molar-refractivity contribution in [2.75, 3.05) is 26.4 Å². The Morgan fingerprint density at radius 3 is 2.64 bits per heavy atom. The number of hydrogen-bond acceptors (Lipinski definition) is 4. The van der Waals surface area contributed by atoms with Crippen LogP contribution in [-0.4, -0.2) is 47.2 Å². The van der Waals surface area contributed by atoms with E-state index >= 15 is 0 Å². The molecule has 0 bridgehead atoms. The van der Waals surface area contributed by atoms with Gasteiger partial charge in [-0.1, -0.05) is 29.8 Å². The van der Waals surface area contributed by atoms with Crippen molar-refractivity contribution < 1.29 is 14.6 Å². The van der Waals surface area contributed by atoms with Crippen molar-refractivity contribution in [3.05, 3.63) is 41.6 Å². The Kier molecular flexibility index (Phi) is 5.20. The number of rotatable bonds is 5. The van der Waals surface area contributed by atoms with Crippen LogP contribution in [0.2, 0.25) is 0 Å². The lowest BCUT2D eigenvalue weighted by molar-refractivity contribution is -0.0146. The maximum absolute atomic E-state index is 12.5. The summed E-state index contributed by atoms with van der Waals surface area (Å²) in [5.41, 5.74) is 3.21. The molecule has 0 spiro atoms. The molecule has 1 aliphatic rings. The first-order valence-electron chi connectivity index (χ1n) is 8.61. The molecular formula is C19H25N3O3. The summed E-state index contributed by atoms with van der Waals surface area (Å²) < 4.78 is 7.07. The van der Waals surface area contributed by atoms with E-state index in [2.05, 4.69) is 10.4 Å². The molecule has 0 atom stereocenters. The van der Waals surface area contributed by atoms with E-state index in [0.717, 1.165) is 24.1 Å². The second-order valence-electron chi connectivity index (χ2n) is 6.86. The Morgan fingerprint density at radius 2 is 2.00 bits per heavy atom. The summed E-state index contributed by atoms with van der Waals surface area (Å²) in [4.78, 5) is 12.5. The lowest BCUT2D eigenvalue weighted by Crippen LogP contribution is -2.43. The molecule has 2 aromatic rings. The average Bonchev–Trinajstić information content (AvgIpc) is 3.03. The van der Waals surface area contributed by atoms with E-state index in [0.29, 0.717) is 25.5 Å². The first-order valence-corrected chi connectivity index (χ1v) is 8.61. The van der Waals surface area contributed by atoms with E-state index in [1.165, 1.54) is 5.56 Å². The van der Waals surface area contributed by atoms with E-state index in [-0.39, 0.29) is 17.9 Å². The van der Waals surface area contributed by atoms with Crippen molar-refractivity contribution in [2.24, 2.45) is 12.5 Å². The Bertz CT molecular complexity index is 731. The molecule has 25 heavy (non-hydrogen) atoms. The van der Waals surface area contributed by atoms with Gasteiger partial charge in [-0.05, 0) is 31.4 Å². The SMILES string of the molecule is Cc1ccc(-c2cc(C(=O)NCC3(CO)CCOCC3)nn2C)cc1. The first-order chi connectivity index (χ1) is 12.0. The predicted molar refractivity (Wildman–Crippen MR) is 95.3 cm³/mol. The molecule has 0 aliphatic carbocycles. The molecule has 1 aliphatic heterocycles. The number of nitrogens with zero attached hydrogens (tertiary/aromatic N) is 2. The molecule has 6 nitrogen and oxygen atoms in total. The van der Waals surface area contributed by atoms with Crippen molar-refractivity contribution in [3.63, 3.8) is 0 Å². The van der Waals surface area contributed by atoms with Crippen LogP contribution in [0.3, 0.4) is 0 Å². The Morgan fingerprint density at radius 1 is 1.32 bits per heavy atom. The zero-order valence-electron chi connectivity index (χ0n) is 14.8. The Labute approximate surface area is 147 Å². The Hall–Kier alpha value is -2.18. The topological polar surface area (TPSA) is 76.4 Å². The van der Waals surface area contributed by atoms with Gasteiger partial charge in [0.25, 0.3) is 5.91 Å². The van der Waals surface area contributed by atoms with Crippen LogP contribution >= 0.6 is 0 Å². The quantitative estimate of drug-likeness (QED) is 0.869. The number of carbonyl (C=O) groups excluding carboxylic acids is 1. The molecule has 6 heteroatoms. The normalized spacial score (nSPS) is 16.6. The number of carbonyl (C=O) groups is 1. The smallest absolute Gasteiger partial charge is 0.271 e. The van der Waals surface area contributed by atoms with Crippen molar-refractivity contribution in [1.29, 1.82) is 0 Å².